The lowest BCUT2D eigenvalue weighted by Crippen LogP contribution is -2.31. The van der Waals surface area contributed by atoms with Crippen LogP contribution >= 0.6 is 0 Å². The molecule has 88 valence electrons. The third-order valence-electron chi connectivity index (χ3n) is 3.08. The summed E-state index contributed by atoms with van der Waals surface area (Å²) in [5.74, 6) is -0.157. The van der Waals surface area contributed by atoms with E-state index in [-0.39, 0.29) is 18.0 Å². The number of aliphatic hydroxyl groups excluding tert-OH is 1. The van der Waals surface area contributed by atoms with Gasteiger partial charge < -0.3 is 10.4 Å². The van der Waals surface area contributed by atoms with Crippen LogP contribution in [0.2, 0.25) is 0 Å². The molecular formula is C13H18FNO. The first-order valence-corrected chi connectivity index (χ1v) is 5.86. The number of nitrogens with one attached hydrogen (secondary N) is 1. The van der Waals surface area contributed by atoms with Gasteiger partial charge in [-0.05, 0) is 49.4 Å². The Kier molecular flexibility index (Phi) is 3.56. The van der Waals surface area contributed by atoms with Gasteiger partial charge in [0.25, 0.3) is 0 Å². The maximum atomic E-state index is 13.1. The molecule has 0 spiro atoms. The summed E-state index contributed by atoms with van der Waals surface area (Å²) >= 11 is 0. The number of benzene rings is 1. The summed E-state index contributed by atoms with van der Waals surface area (Å²) in [5.41, 5.74) is 2.29. The van der Waals surface area contributed by atoms with E-state index in [2.05, 4.69) is 5.32 Å². The largest absolute Gasteiger partial charge is 0.392 e. The summed E-state index contributed by atoms with van der Waals surface area (Å²) in [6.45, 7) is 2.35. The molecular weight excluding hydrogens is 205 g/mol. The molecule has 3 heteroatoms. The molecule has 2 rings (SSSR count). The van der Waals surface area contributed by atoms with Gasteiger partial charge in [-0.25, -0.2) is 4.39 Å². The van der Waals surface area contributed by atoms with E-state index < -0.39 is 0 Å². The van der Waals surface area contributed by atoms with Crippen molar-refractivity contribution >= 4 is 0 Å². The van der Waals surface area contributed by atoms with Crippen LogP contribution in [0.4, 0.5) is 4.39 Å². The minimum absolute atomic E-state index is 0.157. The highest BCUT2D eigenvalue weighted by molar-refractivity contribution is 5.32. The fourth-order valence-corrected chi connectivity index (χ4v) is 2.31. The monoisotopic (exact) mass is 223 g/mol. The number of hydrogen-bond donors (Lipinski definition) is 2. The van der Waals surface area contributed by atoms with Gasteiger partial charge in [0.1, 0.15) is 5.82 Å². The standard InChI is InChI=1S/C13H18FNO/c1-9(16)8-15-13-4-2-3-10-7-11(14)5-6-12(10)13/h5-7,9,13,15-16H,2-4,8H2,1H3/t9-,13?/m0/s1. The smallest absolute Gasteiger partial charge is 0.123 e. The summed E-state index contributed by atoms with van der Waals surface area (Å²) in [7, 11) is 0. The fourth-order valence-electron chi connectivity index (χ4n) is 2.31. The second-order valence-electron chi connectivity index (χ2n) is 4.55. The molecule has 2 N–H and O–H groups in total. The zero-order valence-corrected chi connectivity index (χ0v) is 9.54. The fraction of sp³-hybridized carbons (Fsp3) is 0.538. The van der Waals surface area contributed by atoms with Crippen LogP contribution in [0.15, 0.2) is 18.2 Å². The van der Waals surface area contributed by atoms with Gasteiger partial charge in [-0.15, -0.1) is 0 Å². The van der Waals surface area contributed by atoms with Gasteiger partial charge >= 0.3 is 0 Å². The molecule has 16 heavy (non-hydrogen) atoms. The lowest BCUT2D eigenvalue weighted by molar-refractivity contribution is 0.184. The Morgan fingerprint density at radius 2 is 2.38 bits per heavy atom. The number of aliphatic hydroxyl groups is 1. The summed E-state index contributed by atoms with van der Waals surface area (Å²) in [6, 6.07) is 5.27. The van der Waals surface area contributed by atoms with Crippen LogP contribution in [0, 0.1) is 5.82 Å². The Labute approximate surface area is 95.5 Å². The number of hydrogen-bond acceptors (Lipinski definition) is 2. The maximum absolute atomic E-state index is 13.1. The van der Waals surface area contributed by atoms with E-state index in [9.17, 15) is 9.50 Å². The van der Waals surface area contributed by atoms with Gasteiger partial charge in [-0.3, -0.25) is 0 Å². The molecule has 0 radical (unpaired) electrons. The third-order valence-corrected chi connectivity index (χ3v) is 3.08. The number of halogens is 1. The molecule has 0 saturated carbocycles. The average Bonchev–Trinajstić information content (AvgIpc) is 2.25. The third kappa shape index (κ3) is 2.60. The first-order chi connectivity index (χ1) is 7.66. The molecule has 2 nitrogen and oxygen atoms in total. The van der Waals surface area contributed by atoms with E-state index in [4.69, 9.17) is 0 Å². The molecule has 0 fully saturated rings. The van der Waals surface area contributed by atoms with Crippen LogP contribution in [0.3, 0.4) is 0 Å². The van der Waals surface area contributed by atoms with Crippen molar-refractivity contribution in [1.29, 1.82) is 0 Å². The van der Waals surface area contributed by atoms with E-state index in [1.165, 1.54) is 11.6 Å². The van der Waals surface area contributed by atoms with E-state index in [1.54, 1.807) is 13.0 Å². The molecule has 1 aromatic rings. The van der Waals surface area contributed by atoms with Crippen LogP contribution in [0.1, 0.15) is 36.9 Å². The summed E-state index contributed by atoms with van der Waals surface area (Å²) < 4.78 is 13.1. The number of aryl methyl sites for hydroxylation is 1. The highest BCUT2D eigenvalue weighted by Crippen LogP contribution is 2.29. The number of fused-ring (bicyclic) bond motifs is 1. The molecule has 0 amide bonds. The molecule has 0 aromatic heterocycles. The lowest BCUT2D eigenvalue weighted by Gasteiger charge is -2.27. The molecule has 1 aromatic carbocycles. The van der Waals surface area contributed by atoms with Crippen molar-refractivity contribution in [3.63, 3.8) is 0 Å². The summed E-state index contributed by atoms with van der Waals surface area (Å²) in [4.78, 5) is 0. The highest BCUT2D eigenvalue weighted by Gasteiger charge is 2.20. The average molecular weight is 223 g/mol. The van der Waals surface area contributed by atoms with Crippen molar-refractivity contribution in [2.45, 2.75) is 38.3 Å². The topological polar surface area (TPSA) is 32.3 Å². The van der Waals surface area contributed by atoms with Gasteiger partial charge in [0.15, 0.2) is 0 Å². The van der Waals surface area contributed by atoms with Crippen molar-refractivity contribution in [2.24, 2.45) is 0 Å². The Balaban J connectivity index is 2.13. The van der Waals surface area contributed by atoms with Crippen LogP contribution in [0.5, 0.6) is 0 Å². The molecule has 0 aliphatic heterocycles. The van der Waals surface area contributed by atoms with Crippen molar-refractivity contribution in [3.8, 4) is 0 Å². The Morgan fingerprint density at radius 1 is 1.56 bits per heavy atom. The van der Waals surface area contributed by atoms with Crippen LogP contribution < -0.4 is 5.32 Å². The van der Waals surface area contributed by atoms with Crippen LogP contribution in [-0.4, -0.2) is 17.8 Å². The Hall–Kier alpha value is -0.930. The molecule has 0 heterocycles. The normalized spacial score (nSPS) is 21.6. The predicted octanol–water partition coefficient (Wildman–Crippen LogP) is 2.17. The summed E-state index contributed by atoms with van der Waals surface area (Å²) in [5, 5.41) is 12.6. The highest BCUT2D eigenvalue weighted by atomic mass is 19.1. The molecule has 1 unspecified atom stereocenters. The van der Waals surface area contributed by atoms with Crippen LogP contribution in [0.25, 0.3) is 0 Å². The second-order valence-corrected chi connectivity index (χ2v) is 4.55. The Bertz CT molecular complexity index is 365. The van der Waals surface area contributed by atoms with Gasteiger partial charge in [0, 0.05) is 12.6 Å². The quantitative estimate of drug-likeness (QED) is 0.823. The zero-order chi connectivity index (χ0) is 11.5. The van der Waals surface area contributed by atoms with Gasteiger partial charge in [0.2, 0.25) is 0 Å². The molecule has 0 saturated heterocycles. The van der Waals surface area contributed by atoms with E-state index in [1.807, 2.05) is 6.07 Å². The van der Waals surface area contributed by atoms with Crippen molar-refractivity contribution < 1.29 is 9.50 Å². The van der Waals surface area contributed by atoms with E-state index in [0.717, 1.165) is 24.8 Å². The van der Waals surface area contributed by atoms with Crippen molar-refractivity contribution in [1.82, 2.24) is 5.32 Å². The first-order valence-electron chi connectivity index (χ1n) is 5.86. The van der Waals surface area contributed by atoms with Crippen molar-refractivity contribution in [3.05, 3.63) is 35.1 Å². The van der Waals surface area contributed by atoms with Crippen LogP contribution in [-0.2, 0) is 6.42 Å². The minimum atomic E-state index is -0.342. The van der Waals surface area contributed by atoms with E-state index >= 15 is 0 Å². The lowest BCUT2D eigenvalue weighted by atomic mass is 9.87. The van der Waals surface area contributed by atoms with Gasteiger partial charge in [-0.2, -0.15) is 0 Å². The second kappa shape index (κ2) is 4.93. The molecule has 2 atom stereocenters. The van der Waals surface area contributed by atoms with E-state index in [0.29, 0.717) is 6.54 Å². The SMILES string of the molecule is C[C@H](O)CNC1CCCc2cc(F)ccc21. The Morgan fingerprint density at radius 3 is 3.12 bits per heavy atom. The zero-order valence-electron chi connectivity index (χ0n) is 9.54. The van der Waals surface area contributed by atoms with Crippen molar-refractivity contribution in [2.75, 3.05) is 6.54 Å². The molecule has 0 bridgehead atoms. The first kappa shape index (κ1) is 11.6. The van der Waals surface area contributed by atoms with Gasteiger partial charge in [0.05, 0.1) is 6.10 Å². The molecule has 1 aliphatic carbocycles. The minimum Gasteiger partial charge on any atom is -0.392 e. The maximum Gasteiger partial charge on any atom is 0.123 e. The molecule has 1 aliphatic rings. The van der Waals surface area contributed by atoms with Gasteiger partial charge in [-0.1, -0.05) is 6.07 Å². The predicted molar refractivity (Wildman–Crippen MR) is 61.8 cm³/mol. The summed E-state index contributed by atoms with van der Waals surface area (Å²) in [6.07, 6.45) is 2.75. The number of rotatable bonds is 3.